The molecule has 9 nitrogen and oxygen atoms in total. The minimum atomic E-state index is -0.833. The monoisotopic (exact) mass is 383 g/mol. The van der Waals surface area contributed by atoms with E-state index in [9.17, 15) is 19.8 Å². The Bertz CT molecular complexity index is 617. The molecule has 0 aliphatic carbocycles. The molecule has 1 atom stereocenters. The third kappa shape index (κ3) is 12.4. The summed E-state index contributed by atoms with van der Waals surface area (Å²) in [5.74, 6) is -1.13. The van der Waals surface area contributed by atoms with Crippen LogP contribution in [0.25, 0.3) is 0 Å². The summed E-state index contributed by atoms with van der Waals surface area (Å²) in [7, 11) is 0. The zero-order chi connectivity index (χ0) is 20.8. The summed E-state index contributed by atoms with van der Waals surface area (Å²) < 4.78 is 0. The van der Waals surface area contributed by atoms with E-state index < -0.39 is 12.0 Å². The Morgan fingerprint density at radius 2 is 1.81 bits per heavy atom. The second-order valence-corrected chi connectivity index (χ2v) is 5.97. The average Bonchev–Trinajstić information content (AvgIpc) is 2.57. The van der Waals surface area contributed by atoms with E-state index in [0.29, 0.717) is 37.9 Å². The molecule has 1 rings (SSSR count). The van der Waals surface area contributed by atoms with Crippen molar-refractivity contribution in [2.24, 2.45) is 11.5 Å². The number of phenols is 2. The second-order valence-electron chi connectivity index (χ2n) is 5.97. The first-order valence-electron chi connectivity index (χ1n) is 8.62. The lowest BCUT2D eigenvalue weighted by molar-refractivity contribution is -0.134. The standard InChI is InChI=1S/C16H25N3O4.C2H4O2/c17-7-6-15(22)13(18)3-1-2-8-19-16(23)10-11-9-12(20)4-5-14(11)21;1-2(3)4/h4-5,9,13,20-21H,1-3,6-8,10,17-18H2,(H,19,23);1H3,(H,3,4). The van der Waals surface area contributed by atoms with Crippen LogP contribution >= 0.6 is 0 Å². The van der Waals surface area contributed by atoms with Crippen molar-refractivity contribution in [1.82, 2.24) is 5.32 Å². The van der Waals surface area contributed by atoms with Crippen LogP contribution in [0.4, 0.5) is 0 Å². The number of unbranched alkanes of at least 4 members (excludes halogenated alkanes) is 1. The minimum absolute atomic E-state index is 0.00161. The molecule has 9 heteroatoms. The number of hydrogen-bond acceptors (Lipinski definition) is 7. The fourth-order valence-corrected chi connectivity index (χ4v) is 2.15. The van der Waals surface area contributed by atoms with Gasteiger partial charge in [0.15, 0.2) is 5.78 Å². The Balaban J connectivity index is 0.00000153. The highest BCUT2D eigenvalue weighted by Crippen LogP contribution is 2.22. The van der Waals surface area contributed by atoms with Crippen molar-refractivity contribution < 1.29 is 29.7 Å². The zero-order valence-electron chi connectivity index (χ0n) is 15.5. The maximum Gasteiger partial charge on any atom is 0.300 e. The molecule has 8 N–H and O–H groups in total. The molecule has 0 aromatic heterocycles. The molecular formula is C18H29N3O6. The van der Waals surface area contributed by atoms with Crippen LogP contribution in [-0.2, 0) is 20.8 Å². The summed E-state index contributed by atoms with van der Waals surface area (Å²) in [4.78, 5) is 32.2. The second kappa shape index (κ2) is 13.5. The Hall–Kier alpha value is -2.65. The predicted molar refractivity (Wildman–Crippen MR) is 100 cm³/mol. The van der Waals surface area contributed by atoms with E-state index in [1.165, 1.54) is 18.2 Å². The van der Waals surface area contributed by atoms with Gasteiger partial charge in [0.2, 0.25) is 5.91 Å². The molecule has 0 heterocycles. The number of carboxylic acid groups (broad SMARTS) is 1. The number of hydrogen-bond donors (Lipinski definition) is 6. The number of rotatable bonds is 10. The SMILES string of the molecule is CC(=O)O.NCCC(=O)C(N)CCCCNC(=O)Cc1cc(O)ccc1O. The van der Waals surface area contributed by atoms with Crippen LogP contribution in [0.2, 0.25) is 0 Å². The first-order chi connectivity index (χ1) is 12.7. The van der Waals surface area contributed by atoms with Crippen LogP contribution in [0.3, 0.4) is 0 Å². The van der Waals surface area contributed by atoms with Crippen molar-refractivity contribution >= 4 is 17.7 Å². The van der Waals surface area contributed by atoms with Crippen LogP contribution in [0.5, 0.6) is 11.5 Å². The summed E-state index contributed by atoms with van der Waals surface area (Å²) in [6.45, 7) is 1.86. The van der Waals surface area contributed by atoms with Crippen LogP contribution < -0.4 is 16.8 Å². The van der Waals surface area contributed by atoms with Crippen LogP contribution in [0.1, 0.15) is 38.2 Å². The highest BCUT2D eigenvalue weighted by molar-refractivity contribution is 5.83. The van der Waals surface area contributed by atoms with E-state index in [0.717, 1.165) is 13.3 Å². The maximum atomic E-state index is 11.8. The van der Waals surface area contributed by atoms with E-state index in [1.807, 2.05) is 0 Å². The van der Waals surface area contributed by atoms with E-state index in [4.69, 9.17) is 21.4 Å². The predicted octanol–water partition coefficient (Wildman–Crippen LogP) is 0.263. The number of amides is 1. The van der Waals surface area contributed by atoms with Crippen molar-refractivity contribution in [3.05, 3.63) is 23.8 Å². The highest BCUT2D eigenvalue weighted by Gasteiger charge is 2.12. The minimum Gasteiger partial charge on any atom is -0.508 e. The van der Waals surface area contributed by atoms with Crippen molar-refractivity contribution in [1.29, 1.82) is 0 Å². The fourth-order valence-electron chi connectivity index (χ4n) is 2.15. The Labute approximate surface area is 158 Å². The number of phenolic OH excluding ortho intramolecular Hbond substituents is 2. The molecule has 0 saturated carbocycles. The molecule has 0 saturated heterocycles. The van der Waals surface area contributed by atoms with Gasteiger partial charge < -0.3 is 32.1 Å². The summed E-state index contributed by atoms with van der Waals surface area (Å²) >= 11 is 0. The topological polar surface area (TPSA) is 176 Å². The van der Waals surface area contributed by atoms with Crippen LogP contribution in [-0.4, -0.2) is 52.1 Å². The third-order valence-corrected chi connectivity index (χ3v) is 3.48. The molecule has 27 heavy (non-hydrogen) atoms. The van der Waals surface area contributed by atoms with Gasteiger partial charge in [-0.15, -0.1) is 0 Å². The molecule has 1 amide bonds. The van der Waals surface area contributed by atoms with Gasteiger partial charge in [-0.2, -0.15) is 0 Å². The van der Waals surface area contributed by atoms with Crippen LogP contribution in [0, 0.1) is 0 Å². The first kappa shape index (κ1) is 24.4. The lowest BCUT2D eigenvalue weighted by atomic mass is 10.0. The van der Waals surface area contributed by atoms with Gasteiger partial charge in [-0.1, -0.05) is 0 Å². The van der Waals surface area contributed by atoms with Gasteiger partial charge in [-0.25, -0.2) is 0 Å². The molecule has 0 aliphatic rings. The van der Waals surface area contributed by atoms with Gasteiger partial charge in [0.1, 0.15) is 11.5 Å². The molecule has 0 bridgehead atoms. The van der Waals surface area contributed by atoms with Crippen molar-refractivity contribution in [3.63, 3.8) is 0 Å². The molecule has 1 aromatic carbocycles. The van der Waals surface area contributed by atoms with E-state index >= 15 is 0 Å². The van der Waals surface area contributed by atoms with Gasteiger partial charge in [0, 0.05) is 25.5 Å². The zero-order valence-corrected chi connectivity index (χ0v) is 15.5. The number of carboxylic acids is 1. The third-order valence-electron chi connectivity index (χ3n) is 3.48. The summed E-state index contributed by atoms with van der Waals surface area (Å²) in [6.07, 6.45) is 2.30. The maximum absolute atomic E-state index is 11.8. The summed E-state index contributed by atoms with van der Waals surface area (Å²) in [5, 5.41) is 29.1. The molecule has 1 aromatic rings. The summed E-state index contributed by atoms with van der Waals surface area (Å²) in [6, 6.07) is 3.57. The Morgan fingerprint density at radius 3 is 2.41 bits per heavy atom. The number of aliphatic carboxylic acids is 1. The average molecular weight is 383 g/mol. The molecule has 0 aliphatic heterocycles. The van der Waals surface area contributed by atoms with Gasteiger partial charge in [0.25, 0.3) is 5.97 Å². The van der Waals surface area contributed by atoms with Crippen molar-refractivity contribution in [2.45, 2.75) is 45.1 Å². The summed E-state index contributed by atoms with van der Waals surface area (Å²) in [5.41, 5.74) is 11.4. The van der Waals surface area contributed by atoms with E-state index in [2.05, 4.69) is 5.32 Å². The number of nitrogens with one attached hydrogen (secondary N) is 1. The van der Waals surface area contributed by atoms with E-state index in [-0.39, 0.29) is 29.6 Å². The fraction of sp³-hybridized carbons (Fsp3) is 0.500. The number of ketones is 1. The number of carbonyl (C=O) groups is 3. The van der Waals surface area contributed by atoms with Gasteiger partial charge >= 0.3 is 0 Å². The molecule has 152 valence electrons. The van der Waals surface area contributed by atoms with Gasteiger partial charge in [-0.3, -0.25) is 14.4 Å². The number of Topliss-reactive ketones (excluding diaryl/α,β-unsaturated/α-hetero) is 1. The molecule has 0 radical (unpaired) electrons. The van der Waals surface area contributed by atoms with Gasteiger partial charge in [0.05, 0.1) is 12.5 Å². The highest BCUT2D eigenvalue weighted by atomic mass is 16.4. The smallest absolute Gasteiger partial charge is 0.300 e. The Kier molecular flexibility index (Phi) is 12.2. The van der Waals surface area contributed by atoms with Gasteiger partial charge in [-0.05, 0) is 44.0 Å². The van der Waals surface area contributed by atoms with Crippen LogP contribution in [0.15, 0.2) is 18.2 Å². The number of benzene rings is 1. The lowest BCUT2D eigenvalue weighted by Crippen LogP contribution is -2.32. The lowest BCUT2D eigenvalue weighted by Gasteiger charge is -2.10. The number of carbonyl (C=O) groups excluding carboxylic acids is 2. The van der Waals surface area contributed by atoms with Crippen molar-refractivity contribution in [3.8, 4) is 11.5 Å². The van der Waals surface area contributed by atoms with E-state index in [1.54, 1.807) is 0 Å². The number of nitrogens with two attached hydrogens (primary N) is 2. The Morgan fingerprint density at radius 1 is 1.19 bits per heavy atom. The molecule has 0 spiro atoms. The number of aromatic hydroxyl groups is 2. The molecular weight excluding hydrogens is 354 g/mol. The first-order valence-corrected chi connectivity index (χ1v) is 8.62. The quantitative estimate of drug-likeness (QED) is 0.246. The van der Waals surface area contributed by atoms with Crippen molar-refractivity contribution in [2.75, 3.05) is 13.1 Å². The largest absolute Gasteiger partial charge is 0.508 e. The molecule has 1 unspecified atom stereocenters. The molecule has 0 fully saturated rings. The normalized spacial score (nSPS) is 11.1.